The highest BCUT2D eigenvalue weighted by Gasteiger charge is 2.14. The monoisotopic (exact) mass is 369 g/mol. The first-order valence-electron chi connectivity index (χ1n) is 7.85. The molecule has 0 unspecified atom stereocenters. The van der Waals surface area contributed by atoms with E-state index in [0.717, 1.165) is 16.8 Å². The van der Waals surface area contributed by atoms with Crippen molar-refractivity contribution < 1.29 is 14.2 Å². The summed E-state index contributed by atoms with van der Waals surface area (Å²) in [7, 11) is 4.73. The van der Waals surface area contributed by atoms with Crippen molar-refractivity contribution in [2.75, 3.05) is 26.8 Å². The molecule has 3 rings (SSSR count). The lowest BCUT2D eigenvalue weighted by atomic mass is 10.2. The number of nitrogens with zero attached hydrogens (tertiary/aromatic N) is 2. The Hall–Kier alpha value is -3.06. The number of thiazole rings is 1. The molecule has 0 aliphatic carbocycles. The predicted molar refractivity (Wildman–Crippen MR) is 105 cm³/mol. The van der Waals surface area contributed by atoms with Gasteiger partial charge >= 0.3 is 0 Å². The Balaban J connectivity index is 1.76. The van der Waals surface area contributed by atoms with E-state index in [1.165, 1.54) is 11.3 Å². The zero-order valence-corrected chi connectivity index (χ0v) is 15.5. The minimum atomic E-state index is 0.527. The van der Waals surface area contributed by atoms with E-state index in [4.69, 9.17) is 14.2 Å². The van der Waals surface area contributed by atoms with Crippen LogP contribution in [0.2, 0.25) is 0 Å². The Morgan fingerprint density at radius 1 is 0.962 bits per heavy atom. The summed E-state index contributed by atoms with van der Waals surface area (Å²) in [5.74, 6) is 1.68. The van der Waals surface area contributed by atoms with Crippen LogP contribution in [0.25, 0.3) is 11.3 Å². The molecule has 0 aliphatic rings. The molecule has 0 bridgehead atoms. The molecule has 134 valence electrons. The van der Waals surface area contributed by atoms with E-state index in [1.807, 2.05) is 41.8 Å². The fourth-order valence-electron chi connectivity index (χ4n) is 2.45. The van der Waals surface area contributed by atoms with Crippen LogP contribution in [0.15, 0.2) is 52.9 Å². The quantitative estimate of drug-likeness (QED) is 0.497. The topological polar surface area (TPSA) is 65.0 Å². The number of hydrogen-bond donors (Lipinski definition) is 1. The number of aromatic nitrogens is 1. The molecule has 0 saturated heterocycles. The van der Waals surface area contributed by atoms with Gasteiger partial charge in [0.2, 0.25) is 10.9 Å². The zero-order valence-electron chi connectivity index (χ0n) is 14.7. The van der Waals surface area contributed by atoms with Crippen molar-refractivity contribution in [1.82, 2.24) is 4.98 Å². The average Bonchev–Trinajstić information content (AvgIpc) is 3.17. The fourth-order valence-corrected chi connectivity index (χ4v) is 3.12. The number of hydrogen-bond acceptors (Lipinski definition) is 7. The van der Waals surface area contributed by atoms with Gasteiger partial charge in [0.15, 0.2) is 11.5 Å². The van der Waals surface area contributed by atoms with Crippen molar-refractivity contribution in [2.45, 2.75) is 0 Å². The average molecular weight is 369 g/mol. The van der Waals surface area contributed by atoms with Gasteiger partial charge in [0.05, 0.1) is 33.2 Å². The van der Waals surface area contributed by atoms with E-state index >= 15 is 0 Å². The van der Waals surface area contributed by atoms with Crippen LogP contribution < -0.4 is 19.6 Å². The van der Waals surface area contributed by atoms with Crippen LogP contribution in [-0.2, 0) is 0 Å². The van der Waals surface area contributed by atoms with Crippen LogP contribution in [-0.4, -0.2) is 32.5 Å². The highest BCUT2D eigenvalue weighted by atomic mass is 32.1. The third kappa shape index (κ3) is 3.78. The lowest BCUT2D eigenvalue weighted by Crippen LogP contribution is -1.99. The third-order valence-electron chi connectivity index (χ3n) is 3.67. The van der Waals surface area contributed by atoms with Crippen LogP contribution in [0, 0.1) is 0 Å². The van der Waals surface area contributed by atoms with Crippen LogP contribution in [0.3, 0.4) is 0 Å². The second-order valence-electron chi connectivity index (χ2n) is 5.20. The van der Waals surface area contributed by atoms with Gasteiger partial charge in [-0.05, 0) is 12.1 Å². The molecule has 0 fully saturated rings. The minimum Gasteiger partial charge on any atom is -0.493 e. The SMILES string of the molecule is COc1ccc(C=NNc2nc(-c3ccccc3)cs2)c(OC)c1OC. The van der Waals surface area contributed by atoms with Crippen molar-refractivity contribution in [3.05, 3.63) is 53.4 Å². The van der Waals surface area contributed by atoms with Gasteiger partial charge in [0.1, 0.15) is 0 Å². The van der Waals surface area contributed by atoms with Gasteiger partial charge in [0, 0.05) is 16.5 Å². The van der Waals surface area contributed by atoms with Crippen molar-refractivity contribution in [1.29, 1.82) is 0 Å². The Bertz CT molecular complexity index is 894. The standard InChI is InChI=1S/C19H19N3O3S/c1-23-16-10-9-14(17(24-2)18(16)25-3)11-20-22-19-21-15(12-26-19)13-7-5-4-6-8-13/h4-12H,1-3H3,(H,21,22). The number of methoxy groups -OCH3 is 3. The summed E-state index contributed by atoms with van der Waals surface area (Å²) in [6.07, 6.45) is 1.66. The van der Waals surface area contributed by atoms with Gasteiger partial charge in [-0.25, -0.2) is 4.98 Å². The first-order valence-corrected chi connectivity index (χ1v) is 8.73. The fraction of sp³-hybridized carbons (Fsp3) is 0.158. The molecule has 1 heterocycles. The number of hydrazone groups is 1. The normalized spacial score (nSPS) is 10.7. The summed E-state index contributed by atoms with van der Waals surface area (Å²) >= 11 is 1.49. The van der Waals surface area contributed by atoms with Crippen LogP contribution in [0.5, 0.6) is 17.2 Å². The van der Waals surface area contributed by atoms with Crippen molar-refractivity contribution in [3.8, 4) is 28.5 Å². The Morgan fingerprint density at radius 2 is 1.73 bits per heavy atom. The molecule has 6 nitrogen and oxygen atoms in total. The maximum absolute atomic E-state index is 5.44. The second kappa shape index (κ2) is 8.35. The van der Waals surface area contributed by atoms with Gasteiger partial charge in [-0.15, -0.1) is 11.3 Å². The Labute approximate surface area is 156 Å². The molecule has 3 aromatic rings. The maximum atomic E-state index is 5.44. The molecule has 0 aliphatic heterocycles. The van der Waals surface area contributed by atoms with E-state index in [-0.39, 0.29) is 0 Å². The van der Waals surface area contributed by atoms with E-state index in [9.17, 15) is 0 Å². The first-order chi connectivity index (χ1) is 12.8. The van der Waals surface area contributed by atoms with E-state index < -0.39 is 0 Å². The molecule has 0 saturated carbocycles. The van der Waals surface area contributed by atoms with Gasteiger partial charge in [-0.1, -0.05) is 30.3 Å². The van der Waals surface area contributed by atoms with E-state index in [1.54, 1.807) is 33.6 Å². The molecular weight excluding hydrogens is 350 g/mol. The smallest absolute Gasteiger partial charge is 0.203 e. The van der Waals surface area contributed by atoms with Crippen LogP contribution >= 0.6 is 11.3 Å². The molecule has 7 heteroatoms. The molecule has 26 heavy (non-hydrogen) atoms. The highest BCUT2D eigenvalue weighted by molar-refractivity contribution is 7.14. The summed E-state index contributed by atoms with van der Waals surface area (Å²) in [6.45, 7) is 0. The van der Waals surface area contributed by atoms with Gasteiger partial charge < -0.3 is 14.2 Å². The molecule has 2 aromatic carbocycles. The van der Waals surface area contributed by atoms with Gasteiger partial charge in [-0.3, -0.25) is 5.43 Å². The lowest BCUT2D eigenvalue weighted by molar-refractivity contribution is 0.324. The highest BCUT2D eigenvalue weighted by Crippen LogP contribution is 2.39. The first kappa shape index (κ1) is 17.8. The molecule has 0 radical (unpaired) electrons. The molecule has 0 atom stereocenters. The van der Waals surface area contributed by atoms with Gasteiger partial charge in [0.25, 0.3) is 0 Å². The molecule has 0 amide bonds. The number of rotatable bonds is 7. The number of nitrogens with one attached hydrogen (secondary N) is 1. The minimum absolute atomic E-state index is 0.527. The number of anilines is 1. The molecular formula is C19H19N3O3S. The predicted octanol–water partition coefficient (Wildman–Crippen LogP) is 4.28. The van der Waals surface area contributed by atoms with Crippen molar-refractivity contribution in [3.63, 3.8) is 0 Å². The maximum Gasteiger partial charge on any atom is 0.203 e. The zero-order chi connectivity index (χ0) is 18.4. The Morgan fingerprint density at radius 3 is 2.42 bits per heavy atom. The van der Waals surface area contributed by atoms with E-state index in [0.29, 0.717) is 22.4 Å². The van der Waals surface area contributed by atoms with E-state index in [2.05, 4.69) is 15.5 Å². The summed E-state index contributed by atoms with van der Waals surface area (Å²) < 4.78 is 16.1. The third-order valence-corrected chi connectivity index (χ3v) is 4.42. The second-order valence-corrected chi connectivity index (χ2v) is 6.06. The Kier molecular flexibility index (Phi) is 5.70. The number of benzene rings is 2. The van der Waals surface area contributed by atoms with Gasteiger partial charge in [-0.2, -0.15) is 5.10 Å². The summed E-state index contributed by atoms with van der Waals surface area (Å²) in [5, 5.41) is 6.95. The number of ether oxygens (including phenoxy) is 3. The van der Waals surface area contributed by atoms with Crippen LogP contribution in [0.1, 0.15) is 5.56 Å². The summed E-state index contributed by atoms with van der Waals surface area (Å²) in [6, 6.07) is 13.7. The largest absolute Gasteiger partial charge is 0.493 e. The van der Waals surface area contributed by atoms with Crippen molar-refractivity contribution in [2.24, 2.45) is 5.10 Å². The molecule has 0 spiro atoms. The molecule has 1 N–H and O–H groups in total. The van der Waals surface area contributed by atoms with Crippen LogP contribution in [0.4, 0.5) is 5.13 Å². The summed E-state index contributed by atoms with van der Waals surface area (Å²) in [5.41, 5.74) is 5.70. The molecule has 1 aromatic heterocycles. The lowest BCUT2D eigenvalue weighted by Gasteiger charge is -2.13. The van der Waals surface area contributed by atoms with Crippen molar-refractivity contribution >= 4 is 22.7 Å². The summed E-state index contributed by atoms with van der Waals surface area (Å²) in [4.78, 5) is 4.53.